The minimum atomic E-state index is -0.779. The van der Waals surface area contributed by atoms with E-state index in [0.717, 1.165) is 6.42 Å². The standard InChI is InChI=1S/C10H13N3O3/c14-9(8-3-4-11-13-8)12-7-2-1-6(5-7)10(15)16/h3-4,6-7H,1-2,5H2,(H,11,13)(H,12,14)(H,15,16)/t6-,7+/m1/s1. The van der Waals surface area contributed by atoms with E-state index in [2.05, 4.69) is 15.5 Å². The molecule has 1 aliphatic carbocycles. The fourth-order valence-corrected chi connectivity index (χ4v) is 1.98. The van der Waals surface area contributed by atoms with Crippen molar-refractivity contribution in [1.29, 1.82) is 0 Å². The molecule has 0 radical (unpaired) electrons. The van der Waals surface area contributed by atoms with Gasteiger partial charge in [-0.1, -0.05) is 0 Å². The van der Waals surface area contributed by atoms with Gasteiger partial charge in [0.1, 0.15) is 5.69 Å². The Morgan fingerprint density at radius 2 is 2.31 bits per heavy atom. The van der Waals surface area contributed by atoms with Crippen LogP contribution in [0.15, 0.2) is 12.3 Å². The molecule has 1 aliphatic rings. The van der Waals surface area contributed by atoms with Crippen molar-refractivity contribution in [3.05, 3.63) is 18.0 Å². The van der Waals surface area contributed by atoms with Gasteiger partial charge in [-0.2, -0.15) is 5.10 Å². The number of H-pyrrole nitrogens is 1. The third kappa shape index (κ3) is 2.21. The molecule has 1 heterocycles. The number of carbonyl (C=O) groups excluding carboxylic acids is 1. The van der Waals surface area contributed by atoms with Crippen LogP contribution in [-0.4, -0.2) is 33.2 Å². The van der Waals surface area contributed by atoms with E-state index in [1.54, 1.807) is 6.07 Å². The SMILES string of the molecule is O=C(N[C@H]1CC[C@@H](C(=O)O)C1)c1ccn[nH]1. The summed E-state index contributed by atoms with van der Waals surface area (Å²) in [5.41, 5.74) is 0.402. The third-order valence-electron chi connectivity index (χ3n) is 2.86. The topological polar surface area (TPSA) is 95.1 Å². The second-order valence-electron chi connectivity index (χ2n) is 3.99. The Morgan fingerprint density at radius 3 is 2.88 bits per heavy atom. The van der Waals surface area contributed by atoms with Gasteiger partial charge in [0.05, 0.1) is 5.92 Å². The molecule has 16 heavy (non-hydrogen) atoms. The van der Waals surface area contributed by atoms with Crippen LogP contribution in [-0.2, 0) is 4.79 Å². The molecule has 86 valence electrons. The number of carboxylic acids is 1. The summed E-state index contributed by atoms with van der Waals surface area (Å²) in [6.45, 7) is 0. The van der Waals surface area contributed by atoms with Crippen molar-refractivity contribution in [2.75, 3.05) is 0 Å². The number of hydrogen-bond donors (Lipinski definition) is 3. The molecule has 6 nitrogen and oxygen atoms in total. The van der Waals surface area contributed by atoms with E-state index in [1.165, 1.54) is 6.20 Å². The van der Waals surface area contributed by atoms with Crippen LogP contribution < -0.4 is 5.32 Å². The van der Waals surface area contributed by atoms with Crippen LogP contribution in [0, 0.1) is 5.92 Å². The lowest BCUT2D eigenvalue weighted by Gasteiger charge is -2.11. The molecule has 0 spiro atoms. The van der Waals surface area contributed by atoms with Crippen LogP contribution in [0.1, 0.15) is 29.8 Å². The van der Waals surface area contributed by atoms with Gasteiger partial charge in [0.15, 0.2) is 0 Å². The number of carbonyl (C=O) groups is 2. The zero-order valence-corrected chi connectivity index (χ0v) is 8.64. The zero-order chi connectivity index (χ0) is 11.5. The minimum absolute atomic E-state index is 0.0445. The largest absolute Gasteiger partial charge is 0.481 e. The summed E-state index contributed by atoms with van der Waals surface area (Å²) in [4.78, 5) is 22.3. The first kappa shape index (κ1) is 10.7. The molecule has 0 bridgehead atoms. The quantitative estimate of drug-likeness (QED) is 0.690. The van der Waals surface area contributed by atoms with Crippen molar-refractivity contribution in [2.24, 2.45) is 5.92 Å². The van der Waals surface area contributed by atoms with E-state index in [-0.39, 0.29) is 17.9 Å². The fourth-order valence-electron chi connectivity index (χ4n) is 1.98. The number of rotatable bonds is 3. The lowest BCUT2D eigenvalue weighted by Crippen LogP contribution is -2.33. The number of nitrogens with zero attached hydrogens (tertiary/aromatic N) is 1. The predicted octanol–water partition coefficient (Wildman–Crippen LogP) is 0.393. The normalized spacial score (nSPS) is 24.2. The summed E-state index contributed by atoms with van der Waals surface area (Å²) in [5, 5.41) is 17.9. The Morgan fingerprint density at radius 1 is 1.50 bits per heavy atom. The molecule has 2 rings (SSSR count). The van der Waals surface area contributed by atoms with Gasteiger partial charge in [-0.25, -0.2) is 0 Å². The predicted molar refractivity (Wildman–Crippen MR) is 54.8 cm³/mol. The Kier molecular flexibility index (Phi) is 2.89. The van der Waals surface area contributed by atoms with Crippen LogP contribution in [0.2, 0.25) is 0 Å². The molecule has 1 aromatic heterocycles. The first-order valence-corrected chi connectivity index (χ1v) is 5.20. The summed E-state index contributed by atoms with van der Waals surface area (Å²) in [6, 6.07) is 1.54. The maximum Gasteiger partial charge on any atom is 0.306 e. The van der Waals surface area contributed by atoms with E-state index in [1.807, 2.05) is 0 Å². The highest BCUT2D eigenvalue weighted by Crippen LogP contribution is 2.25. The van der Waals surface area contributed by atoms with Gasteiger partial charge < -0.3 is 10.4 Å². The summed E-state index contributed by atoms with van der Waals surface area (Å²) in [5.74, 6) is -1.33. The molecule has 0 aliphatic heterocycles. The lowest BCUT2D eigenvalue weighted by molar-refractivity contribution is -0.141. The van der Waals surface area contributed by atoms with Gasteiger partial charge in [-0.05, 0) is 25.3 Å². The van der Waals surface area contributed by atoms with Crippen molar-refractivity contribution < 1.29 is 14.7 Å². The van der Waals surface area contributed by atoms with Crippen LogP contribution in [0.5, 0.6) is 0 Å². The number of carboxylic acid groups (broad SMARTS) is 1. The number of aromatic amines is 1. The number of hydrogen-bond acceptors (Lipinski definition) is 3. The second kappa shape index (κ2) is 4.34. The van der Waals surface area contributed by atoms with Crippen molar-refractivity contribution in [3.63, 3.8) is 0 Å². The Balaban J connectivity index is 1.88. The van der Waals surface area contributed by atoms with Gasteiger partial charge >= 0.3 is 5.97 Å². The molecule has 0 aromatic carbocycles. The number of amides is 1. The highest BCUT2D eigenvalue weighted by atomic mass is 16.4. The van der Waals surface area contributed by atoms with Crippen LogP contribution in [0.25, 0.3) is 0 Å². The van der Waals surface area contributed by atoms with Gasteiger partial charge in [0.25, 0.3) is 5.91 Å². The highest BCUT2D eigenvalue weighted by Gasteiger charge is 2.30. The van der Waals surface area contributed by atoms with E-state index in [4.69, 9.17) is 5.11 Å². The zero-order valence-electron chi connectivity index (χ0n) is 8.64. The minimum Gasteiger partial charge on any atom is -0.481 e. The lowest BCUT2D eigenvalue weighted by atomic mass is 10.1. The summed E-state index contributed by atoms with van der Waals surface area (Å²) in [6.07, 6.45) is 3.36. The van der Waals surface area contributed by atoms with E-state index < -0.39 is 5.97 Å². The van der Waals surface area contributed by atoms with Gasteiger partial charge in [-0.15, -0.1) is 0 Å². The molecule has 1 fully saturated rings. The Bertz CT molecular complexity index is 388. The second-order valence-corrected chi connectivity index (χ2v) is 3.99. The van der Waals surface area contributed by atoms with Crippen molar-refractivity contribution >= 4 is 11.9 Å². The van der Waals surface area contributed by atoms with Crippen molar-refractivity contribution in [1.82, 2.24) is 15.5 Å². The Labute approximate surface area is 92.0 Å². The van der Waals surface area contributed by atoms with Crippen LogP contribution in [0.4, 0.5) is 0 Å². The smallest absolute Gasteiger partial charge is 0.306 e. The Hall–Kier alpha value is -1.85. The van der Waals surface area contributed by atoms with Crippen LogP contribution in [0.3, 0.4) is 0 Å². The fraction of sp³-hybridized carbons (Fsp3) is 0.500. The molecular formula is C10H13N3O3. The molecule has 3 N–H and O–H groups in total. The van der Waals surface area contributed by atoms with Gasteiger partial charge in [0, 0.05) is 12.2 Å². The molecule has 1 saturated carbocycles. The number of nitrogens with one attached hydrogen (secondary N) is 2. The molecule has 0 unspecified atom stereocenters. The summed E-state index contributed by atoms with van der Waals surface area (Å²) in [7, 11) is 0. The number of aromatic nitrogens is 2. The van der Waals surface area contributed by atoms with Crippen molar-refractivity contribution in [3.8, 4) is 0 Å². The first-order chi connectivity index (χ1) is 7.66. The average molecular weight is 223 g/mol. The molecular weight excluding hydrogens is 210 g/mol. The van der Waals surface area contributed by atoms with E-state index in [9.17, 15) is 9.59 Å². The molecule has 1 aromatic rings. The molecule has 6 heteroatoms. The molecule has 1 amide bonds. The van der Waals surface area contributed by atoms with E-state index >= 15 is 0 Å². The van der Waals surface area contributed by atoms with Crippen LogP contribution >= 0.6 is 0 Å². The van der Waals surface area contributed by atoms with E-state index in [0.29, 0.717) is 18.5 Å². The summed E-state index contributed by atoms with van der Waals surface area (Å²) < 4.78 is 0. The van der Waals surface area contributed by atoms with Gasteiger partial charge in [0.2, 0.25) is 0 Å². The summed E-state index contributed by atoms with van der Waals surface area (Å²) >= 11 is 0. The third-order valence-corrected chi connectivity index (χ3v) is 2.86. The maximum atomic E-state index is 11.6. The number of aliphatic carboxylic acids is 1. The first-order valence-electron chi connectivity index (χ1n) is 5.20. The highest BCUT2D eigenvalue weighted by molar-refractivity contribution is 5.92. The molecule has 0 saturated heterocycles. The average Bonchev–Trinajstić information content (AvgIpc) is 2.87. The van der Waals surface area contributed by atoms with Gasteiger partial charge in [-0.3, -0.25) is 14.7 Å². The maximum absolute atomic E-state index is 11.6. The van der Waals surface area contributed by atoms with Crippen molar-refractivity contribution in [2.45, 2.75) is 25.3 Å². The monoisotopic (exact) mass is 223 g/mol. The molecule has 2 atom stereocenters.